The smallest absolute Gasteiger partial charge is 0.335 e. The van der Waals surface area contributed by atoms with Crippen LogP contribution in [0.5, 0.6) is 11.5 Å². The molecule has 0 amide bonds. The highest BCUT2D eigenvalue weighted by Gasteiger charge is 2.23. The molecule has 1 N–H and O–H groups in total. The van der Waals surface area contributed by atoms with E-state index >= 15 is 0 Å². The minimum absolute atomic E-state index is 0.102. The van der Waals surface area contributed by atoms with Crippen molar-refractivity contribution >= 4 is 33.2 Å². The van der Waals surface area contributed by atoms with Crippen LogP contribution in [0.1, 0.15) is 58.4 Å². The number of nitrogens with zero attached hydrogens (tertiary/aromatic N) is 2. The number of thiophene rings is 1. The van der Waals surface area contributed by atoms with E-state index in [1.54, 1.807) is 18.2 Å². The van der Waals surface area contributed by atoms with Crippen LogP contribution < -0.4 is 9.47 Å². The van der Waals surface area contributed by atoms with Crippen molar-refractivity contribution in [2.24, 2.45) is 0 Å². The quantitative estimate of drug-likeness (QED) is 0.179. The third-order valence-electron chi connectivity index (χ3n) is 8.40. The van der Waals surface area contributed by atoms with Gasteiger partial charge in [-0.1, -0.05) is 12.5 Å². The number of carbonyl (C=O) groups is 2. The third kappa shape index (κ3) is 7.09. The van der Waals surface area contributed by atoms with Gasteiger partial charge in [0.2, 0.25) is 0 Å². The zero-order chi connectivity index (χ0) is 29.6. The highest BCUT2D eigenvalue weighted by molar-refractivity contribution is 7.22. The van der Waals surface area contributed by atoms with Gasteiger partial charge in [-0.2, -0.15) is 0 Å². The van der Waals surface area contributed by atoms with Crippen LogP contribution in [0.15, 0.2) is 66.7 Å². The Balaban J connectivity index is 1.21. The van der Waals surface area contributed by atoms with Crippen molar-refractivity contribution in [3.05, 3.63) is 83.4 Å². The lowest BCUT2D eigenvalue weighted by molar-refractivity contribution is 0.0697. The number of carbonyl (C=O) groups excluding carboxylic acids is 1. The van der Waals surface area contributed by atoms with Gasteiger partial charge in [0.25, 0.3) is 0 Å². The van der Waals surface area contributed by atoms with Crippen molar-refractivity contribution in [2.45, 2.75) is 32.1 Å². The van der Waals surface area contributed by atoms with E-state index in [9.17, 15) is 14.7 Å². The van der Waals surface area contributed by atoms with E-state index in [2.05, 4.69) is 9.80 Å². The number of hydrogen-bond donors (Lipinski definition) is 1. The van der Waals surface area contributed by atoms with E-state index in [1.165, 1.54) is 43.4 Å². The van der Waals surface area contributed by atoms with Crippen molar-refractivity contribution in [3.8, 4) is 21.9 Å². The lowest BCUT2D eigenvalue weighted by Gasteiger charge is -2.26. The number of ketones is 1. The standard InChI is InChI=1S/C35H38N2O5S/c38-33(25-6-11-28(12-7-25)41-22-20-36-16-2-1-3-17-36)32-30-15-10-27(35(39)40)24-31(30)43-34(32)26-8-13-29(14-9-26)42-23-21-37-18-4-5-19-37/h6-15,24H,1-5,16-23H2,(H,39,40). The lowest BCUT2D eigenvalue weighted by Crippen LogP contribution is -2.33. The van der Waals surface area contributed by atoms with Gasteiger partial charge in [-0.15, -0.1) is 11.3 Å². The van der Waals surface area contributed by atoms with E-state index in [4.69, 9.17) is 9.47 Å². The maximum Gasteiger partial charge on any atom is 0.335 e. The molecule has 2 saturated heterocycles. The molecule has 4 aromatic rings. The summed E-state index contributed by atoms with van der Waals surface area (Å²) in [7, 11) is 0. The number of carboxylic acid groups (broad SMARTS) is 1. The van der Waals surface area contributed by atoms with Crippen LogP contribution >= 0.6 is 11.3 Å². The molecule has 0 atom stereocenters. The van der Waals surface area contributed by atoms with Gasteiger partial charge in [-0.05, 0) is 118 Å². The van der Waals surface area contributed by atoms with Crippen LogP contribution in [-0.4, -0.2) is 79.1 Å². The maximum absolute atomic E-state index is 14.0. The average Bonchev–Trinajstić information content (AvgIpc) is 3.70. The first-order chi connectivity index (χ1) is 21.0. The fourth-order valence-corrected chi connectivity index (χ4v) is 7.23. The summed E-state index contributed by atoms with van der Waals surface area (Å²) in [5.41, 5.74) is 2.24. The van der Waals surface area contributed by atoms with Crippen molar-refractivity contribution in [3.63, 3.8) is 0 Å². The largest absolute Gasteiger partial charge is 0.492 e. The summed E-state index contributed by atoms with van der Waals surface area (Å²) >= 11 is 1.44. The van der Waals surface area contributed by atoms with Crippen molar-refractivity contribution < 1.29 is 24.2 Å². The molecular weight excluding hydrogens is 560 g/mol. The van der Waals surface area contributed by atoms with Crippen LogP contribution in [0, 0.1) is 0 Å². The molecule has 43 heavy (non-hydrogen) atoms. The molecule has 1 aromatic heterocycles. The van der Waals surface area contributed by atoms with E-state index in [-0.39, 0.29) is 11.3 Å². The van der Waals surface area contributed by atoms with E-state index in [0.29, 0.717) is 24.3 Å². The second kappa shape index (κ2) is 13.7. The predicted molar refractivity (Wildman–Crippen MR) is 171 cm³/mol. The number of carboxylic acids is 1. The zero-order valence-electron chi connectivity index (χ0n) is 24.4. The molecule has 2 fully saturated rings. The number of fused-ring (bicyclic) bond motifs is 1. The summed E-state index contributed by atoms with van der Waals surface area (Å²) in [6, 6.07) is 20.1. The average molecular weight is 599 g/mol. The maximum atomic E-state index is 14.0. The fraction of sp³-hybridized carbons (Fsp3) is 0.371. The second-order valence-electron chi connectivity index (χ2n) is 11.3. The molecule has 3 heterocycles. The third-order valence-corrected chi connectivity index (χ3v) is 9.60. The Kier molecular flexibility index (Phi) is 9.36. The molecular formula is C35H38N2O5S. The first-order valence-corrected chi connectivity index (χ1v) is 16.1. The van der Waals surface area contributed by atoms with Gasteiger partial charge in [0, 0.05) is 39.2 Å². The molecule has 0 unspecified atom stereocenters. The Morgan fingerprint density at radius 3 is 1.81 bits per heavy atom. The fourth-order valence-electron chi connectivity index (χ4n) is 5.98. The molecule has 0 radical (unpaired) electrons. The van der Waals surface area contributed by atoms with Crippen LogP contribution in [0.4, 0.5) is 0 Å². The lowest BCUT2D eigenvalue weighted by atomic mass is 9.97. The van der Waals surface area contributed by atoms with E-state index in [0.717, 1.165) is 71.3 Å². The Bertz CT molecular complexity index is 1550. The number of rotatable bonds is 12. The van der Waals surface area contributed by atoms with Crippen molar-refractivity contribution in [1.29, 1.82) is 0 Å². The van der Waals surface area contributed by atoms with Crippen LogP contribution in [0.2, 0.25) is 0 Å². The minimum atomic E-state index is -0.990. The molecule has 2 aliphatic heterocycles. The van der Waals surface area contributed by atoms with Gasteiger partial charge in [-0.25, -0.2) is 4.79 Å². The normalized spacial score (nSPS) is 16.0. The van der Waals surface area contributed by atoms with Crippen molar-refractivity contribution in [2.75, 3.05) is 52.5 Å². The summed E-state index contributed by atoms with van der Waals surface area (Å²) in [4.78, 5) is 31.4. The molecule has 0 bridgehead atoms. The Hall–Kier alpha value is -3.72. The van der Waals surface area contributed by atoms with Gasteiger partial charge in [-0.3, -0.25) is 14.6 Å². The first kappa shape index (κ1) is 29.4. The molecule has 2 aliphatic rings. The van der Waals surface area contributed by atoms with Gasteiger partial charge in [0.05, 0.1) is 5.56 Å². The molecule has 8 heteroatoms. The van der Waals surface area contributed by atoms with Crippen LogP contribution in [0.3, 0.4) is 0 Å². The topological polar surface area (TPSA) is 79.3 Å². The molecule has 7 nitrogen and oxygen atoms in total. The molecule has 0 saturated carbocycles. The number of aromatic carboxylic acids is 1. The van der Waals surface area contributed by atoms with Gasteiger partial charge in [0.1, 0.15) is 24.7 Å². The molecule has 6 rings (SSSR count). The monoisotopic (exact) mass is 598 g/mol. The zero-order valence-corrected chi connectivity index (χ0v) is 25.2. The summed E-state index contributed by atoms with van der Waals surface area (Å²) < 4.78 is 12.7. The summed E-state index contributed by atoms with van der Waals surface area (Å²) in [6.45, 7) is 7.65. The van der Waals surface area contributed by atoms with Gasteiger partial charge >= 0.3 is 5.97 Å². The second-order valence-corrected chi connectivity index (χ2v) is 12.4. The number of piperidine rings is 1. The Labute approximate surface area is 256 Å². The molecule has 3 aromatic carbocycles. The highest BCUT2D eigenvalue weighted by Crippen LogP contribution is 2.41. The summed E-state index contributed by atoms with van der Waals surface area (Å²) in [5, 5.41) is 10.3. The highest BCUT2D eigenvalue weighted by atomic mass is 32.1. The molecule has 0 spiro atoms. The Morgan fingerprint density at radius 1 is 0.698 bits per heavy atom. The van der Waals surface area contributed by atoms with E-state index in [1.807, 2.05) is 48.5 Å². The summed E-state index contributed by atoms with van der Waals surface area (Å²) in [6.07, 6.45) is 6.34. The van der Waals surface area contributed by atoms with Crippen LogP contribution in [0.25, 0.3) is 20.5 Å². The Morgan fingerprint density at radius 2 is 1.23 bits per heavy atom. The van der Waals surface area contributed by atoms with E-state index < -0.39 is 5.97 Å². The molecule has 0 aliphatic carbocycles. The van der Waals surface area contributed by atoms with Crippen molar-refractivity contribution in [1.82, 2.24) is 9.80 Å². The minimum Gasteiger partial charge on any atom is -0.492 e. The summed E-state index contributed by atoms with van der Waals surface area (Å²) in [5.74, 6) is 0.447. The first-order valence-electron chi connectivity index (χ1n) is 15.3. The number of likely N-dealkylation sites (tertiary alicyclic amines) is 2. The van der Waals surface area contributed by atoms with Gasteiger partial charge < -0.3 is 14.6 Å². The number of ether oxygens (including phenoxy) is 2. The number of benzene rings is 3. The number of hydrogen-bond acceptors (Lipinski definition) is 7. The SMILES string of the molecule is O=C(O)c1ccc2c(C(=O)c3ccc(OCCN4CCCCC4)cc3)c(-c3ccc(OCCN4CCCC4)cc3)sc2c1. The predicted octanol–water partition coefficient (Wildman–Crippen LogP) is 6.84. The molecule has 224 valence electrons. The van der Waals surface area contributed by atoms with Gasteiger partial charge in [0.15, 0.2) is 5.78 Å². The van der Waals surface area contributed by atoms with Crippen LogP contribution in [-0.2, 0) is 0 Å².